The van der Waals surface area contributed by atoms with Crippen LogP contribution in [-0.4, -0.2) is 22.5 Å². The van der Waals surface area contributed by atoms with Crippen LogP contribution in [-0.2, 0) is 0 Å². The first-order valence-corrected chi connectivity index (χ1v) is 9.29. The highest BCUT2D eigenvalue weighted by molar-refractivity contribution is 9.10. The van der Waals surface area contributed by atoms with Crippen LogP contribution in [0.4, 0.5) is 23.0 Å². The Morgan fingerprint density at radius 1 is 1.11 bits per heavy atom. The number of hydrogen-bond acceptors (Lipinski definition) is 7. The molecule has 3 rings (SSSR count). The molecule has 0 fully saturated rings. The monoisotopic (exact) mass is 442 g/mol. The highest BCUT2D eigenvalue weighted by Gasteiger charge is 2.13. The third-order valence-electron chi connectivity index (χ3n) is 3.74. The van der Waals surface area contributed by atoms with Gasteiger partial charge in [-0.25, -0.2) is 9.97 Å². The van der Waals surface area contributed by atoms with E-state index in [0.29, 0.717) is 28.2 Å². The van der Waals surface area contributed by atoms with Crippen molar-refractivity contribution >= 4 is 44.8 Å². The molecule has 144 valence electrons. The number of hydrazine groups is 1. The molecule has 9 heteroatoms. The molecule has 0 atom stereocenters. The number of amides is 1. The standard InChI is InChI=1S/C19H19BrN6O2/c1-2-28-15-10-6-5-9-14(15)24-17-16(21)18(23-11-22-17)25-26-19(27)12-7-3-4-8-13(12)20/h3-11H,2,21H2,1H3,(H,26,27)(H2,22,23,24,25). The number of para-hydroxylation sites is 2. The maximum absolute atomic E-state index is 12.3. The van der Waals surface area contributed by atoms with Gasteiger partial charge in [0.15, 0.2) is 11.6 Å². The van der Waals surface area contributed by atoms with Crippen LogP contribution in [0.3, 0.4) is 0 Å². The zero-order valence-corrected chi connectivity index (χ0v) is 16.7. The molecule has 5 N–H and O–H groups in total. The Labute approximate surface area is 170 Å². The second kappa shape index (κ2) is 9.05. The minimum absolute atomic E-state index is 0.251. The van der Waals surface area contributed by atoms with Gasteiger partial charge in [-0.05, 0) is 47.1 Å². The zero-order valence-electron chi connectivity index (χ0n) is 15.1. The first kappa shape index (κ1) is 19.4. The van der Waals surface area contributed by atoms with Crippen molar-refractivity contribution in [1.29, 1.82) is 0 Å². The van der Waals surface area contributed by atoms with Crippen molar-refractivity contribution in [2.45, 2.75) is 6.92 Å². The van der Waals surface area contributed by atoms with Gasteiger partial charge in [-0.15, -0.1) is 0 Å². The molecule has 1 aromatic heterocycles. The molecular weight excluding hydrogens is 424 g/mol. The van der Waals surface area contributed by atoms with E-state index in [1.807, 2.05) is 37.3 Å². The summed E-state index contributed by atoms with van der Waals surface area (Å²) in [7, 11) is 0. The van der Waals surface area contributed by atoms with Gasteiger partial charge in [0, 0.05) is 4.47 Å². The predicted molar refractivity (Wildman–Crippen MR) is 113 cm³/mol. The van der Waals surface area contributed by atoms with Gasteiger partial charge in [0.25, 0.3) is 5.91 Å². The van der Waals surface area contributed by atoms with E-state index in [1.54, 1.807) is 18.2 Å². The Bertz CT molecular complexity index is 982. The molecule has 0 spiro atoms. The molecule has 0 saturated heterocycles. The predicted octanol–water partition coefficient (Wildman–Crippen LogP) is 3.72. The number of nitrogen functional groups attached to an aromatic ring is 1. The first-order valence-electron chi connectivity index (χ1n) is 8.50. The topological polar surface area (TPSA) is 114 Å². The summed E-state index contributed by atoms with van der Waals surface area (Å²) in [5, 5.41) is 3.13. The number of nitrogens with one attached hydrogen (secondary N) is 3. The van der Waals surface area contributed by atoms with Crippen molar-refractivity contribution in [1.82, 2.24) is 15.4 Å². The van der Waals surface area contributed by atoms with Crippen molar-refractivity contribution in [2.75, 3.05) is 23.1 Å². The van der Waals surface area contributed by atoms with Gasteiger partial charge in [0.05, 0.1) is 17.9 Å². The van der Waals surface area contributed by atoms with Crippen molar-refractivity contribution in [3.63, 3.8) is 0 Å². The summed E-state index contributed by atoms with van der Waals surface area (Å²) in [6.45, 7) is 2.44. The molecule has 0 radical (unpaired) electrons. The number of carbonyl (C=O) groups excluding carboxylic acids is 1. The lowest BCUT2D eigenvalue weighted by Crippen LogP contribution is -2.30. The lowest BCUT2D eigenvalue weighted by atomic mass is 10.2. The van der Waals surface area contributed by atoms with Gasteiger partial charge in [-0.3, -0.25) is 15.6 Å². The minimum Gasteiger partial charge on any atom is -0.492 e. The van der Waals surface area contributed by atoms with Crippen molar-refractivity contribution < 1.29 is 9.53 Å². The average molecular weight is 443 g/mol. The van der Waals surface area contributed by atoms with E-state index in [2.05, 4.69) is 42.1 Å². The van der Waals surface area contributed by atoms with Gasteiger partial charge in [-0.1, -0.05) is 24.3 Å². The van der Waals surface area contributed by atoms with Crippen LogP contribution in [0.1, 0.15) is 17.3 Å². The maximum atomic E-state index is 12.3. The Hall–Kier alpha value is -3.33. The largest absolute Gasteiger partial charge is 0.492 e. The van der Waals surface area contributed by atoms with E-state index >= 15 is 0 Å². The third kappa shape index (κ3) is 4.49. The summed E-state index contributed by atoms with van der Waals surface area (Å²) in [6.07, 6.45) is 1.34. The quantitative estimate of drug-likeness (QED) is 0.412. The Balaban J connectivity index is 1.75. The van der Waals surface area contributed by atoms with Crippen LogP contribution >= 0.6 is 15.9 Å². The van der Waals surface area contributed by atoms with Crippen LogP contribution in [0, 0.1) is 0 Å². The van der Waals surface area contributed by atoms with E-state index in [-0.39, 0.29) is 17.4 Å². The highest BCUT2D eigenvalue weighted by atomic mass is 79.9. The molecule has 8 nitrogen and oxygen atoms in total. The molecule has 2 aromatic carbocycles. The van der Waals surface area contributed by atoms with E-state index in [9.17, 15) is 4.79 Å². The molecule has 0 bridgehead atoms. The van der Waals surface area contributed by atoms with E-state index in [1.165, 1.54) is 6.33 Å². The number of halogens is 1. The molecule has 28 heavy (non-hydrogen) atoms. The fourth-order valence-electron chi connectivity index (χ4n) is 2.40. The fraction of sp³-hybridized carbons (Fsp3) is 0.105. The first-order chi connectivity index (χ1) is 13.6. The van der Waals surface area contributed by atoms with Gasteiger partial charge in [0.2, 0.25) is 0 Å². The molecule has 3 aromatic rings. The maximum Gasteiger partial charge on any atom is 0.270 e. The zero-order chi connectivity index (χ0) is 19.9. The summed E-state index contributed by atoms with van der Waals surface area (Å²) < 4.78 is 6.28. The SMILES string of the molecule is CCOc1ccccc1Nc1ncnc(NNC(=O)c2ccccc2Br)c1N. The molecule has 0 aliphatic carbocycles. The van der Waals surface area contributed by atoms with Gasteiger partial charge in [0.1, 0.15) is 17.8 Å². The summed E-state index contributed by atoms with van der Waals surface area (Å²) in [4.78, 5) is 20.6. The Morgan fingerprint density at radius 2 is 1.82 bits per heavy atom. The molecular formula is C19H19BrN6O2. The lowest BCUT2D eigenvalue weighted by Gasteiger charge is -2.15. The summed E-state index contributed by atoms with van der Waals surface area (Å²) in [5.74, 6) is 1.01. The number of hydrogen-bond donors (Lipinski definition) is 4. The number of ether oxygens (including phenoxy) is 1. The number of aromatic nitrogens is 2. The fourth-order valence-corrected chi connectivity index (χ4v) is 2.87. The van der Waals surface area contributed by atoms with E-state index in [4.69, 9.17) is 10.5 Å². The summed E-state index contributed by atoms with van der Waals surface area (Å²) >= 11 is 3.34. The average Bonchev–Trinajstić information content (AvgIpc) is 2.70. The smallest absolute Gasteiger partial charge is 0.270 e. The molecule has 0 aliphatic rings. The van der Waals surface area contributed by atoms with E-state index < -0.39 is 0 Å². The van der Waals surface area contributed by atoms with Gasteiger partial charge < -0.3 is 15.8 Å². The third-order valence-corrected chi connectivity index (χ3v) is 4.43. The lowest BCUT2D eigenvalue weighted by molar-refractivity contribution is 0.0961. The molecule has 0 saturated carbocycles. The number of rotatable bonds is 7. The number of carbonyl (C=O) groups is 1. The van der Waals surface area contributed by atoms with Crippen molar-refractivity contribution in [2.24, 2.45) is 0 Å². The normalized spacial score (nSPS) is 10.2. The minimum atomic E-state index is -0.332. The van der Waals surface area contributed by atoms with Crippen LogP contribution in [0.2, 0.25) is 0 Å². The molecule has 1 amide bonds. The van der Waals surface area contributed by atoms with Gasteiger partial charge in [-0.2, -0.15) is 0 Å². The van der Waals surface area contributed by atoms with E-state index in [0.717, 1.165) is 5.69 Å². The number of anilines is 4. The second-order valence-corrected chi connectivity index (χ2v) is 6.45. The Kier molecular flexibility index (Phi) is 6.28. The van der Waals surface area contributed by atoms with Crippen molar-refractivity contribution in [3.8, 4) is 5.75 Å². The number of nitrogens with zero attached hydrogens (tertiary/aromatic N) is 2. The number of benzene rings is 2. The highest BCUT2D eigenvalue weighted by Crippen LogP contribution is 2.30. The van der Waals surface area contributed by atoms with Crippen LogP contribution < -0.4 is 26.6 Å². The molecule has 0 unspecified atom stereocenters. The van der Waals surface area contributed by atoms with Crippen LogP contribution in [0.15, 0.2) is 59.3 Å². The Morgan fingerprint density at radius 3 is 2.61 bits per heavy atom. The summed E-state index contributed by atoms with van der Waals surface area (Å²) in [6, 6.07) is 14.5. The second-order valence-electron chi connectivity index (χ2n) is 5.60. The molecule has 0 aliphatic heterocycles. The molecule has 1 heterocycles. The van der Waals surface area contributed by atoms with Crippen molar-refractivity contribution in [3.05, 3.63) is 64.9 Å². The van der Waals surface area contributed by atoms with Crippen LogP contribution in [0.5, 0.6) is 5.75 Å². The van der Waals surface area contributed by atoms with Gasteiger partial charge >= 0.3 is 0 Å². The number of nitrogens with two attached hydrogens (primary N) is 1. The van der Waals surface area contributed by atoms with Crippen LogP contribution in [0.25, 0.3) is 0 Å². The summed E-state index contributed by atoms with van der Waals surface area (Å²) in [5.41, 5.74) is 12.9.